The number of nitrogens with one attached hydrogen (secondary N) is 2. The molecule has 2 aromatic rings. The number of thioether (sulfide) groups is 2. The summed E-state index contributed by atoms with van der Waals surface area (Å²) in [5.74, 6) is -1.42. The van der Waals surface area contributed by atoms with Crippen LogP contribution in [0.15, 0.2) is 46.2 Å². The third-order valence-corrected chi connectivity index (χ3v) is 10.6. The van der Waals surface area contributed by atoms with Gasteiger partial charge in [0, 0.05) is 25.9 Å². The fraction of sp³-hybridized carbons (Fsp3) is 0.231. The van der Waals surface area contributed by atoms with Crippen molar-refractivity contribution in [2.45, 2.75) is 25.7 Å². The van der Waals surface area contributed by atoms with E-state index in [9.17, 15) is 19.2 Å². The molecule has 2 aliphatic rings. The van der Waals surface area contributed by atoms with Crippen LogP contribution in [0.2, 0.25) is 20.1 Å². The number of halogens is 4. The monoisotopic (exact) mass is 720 g/mol. The first-order valence-electron chi connectivity index (χ1n) is 12.3. The molecule has 0 spiro atoms. The molecule has 0 saturated carbocycles. The van der Waals surface area contributed by atoms with Crippen LogP contribution in [-0.2, 0) is 19.2 Å². The summed E-state index contributed by atoms with van der Waals surface area (Å²) in [7, 11) is 0. The average molecular weight is 723 g/mol. The lowest BCUT2D eigenvalue weighted by Crippen LogP contribution is -2.31. The molecule has 220 valence electrons. The van der Waals surface area contributed by atoms with Gasteiger partial charge in [-0.15, -0.1) is 0 Å². The molecule has 8 nitrogen and oxygen atoms in total. The second-order valence-electron chi connectivity index (χ2n) is 8.81. The van der Waals surface area contributed by atoms with Gasteiger partial charge in [0.25, 0.3) is 11.8 Å². The number of benzene rings is 2. The molecule has 2 saturated heterocycles. The van der Waals surface area contributed by atoms with Crippen LogP contribution in [0.3, 0.4) is 0 Å². The van der Waals surface area contributed by atoms with E-state index in [4.69, 9.17) is 70.8 Å². The molecule has 4 amide bonds. The van der Waals surface area contributed by atoms with Gasteiger partial charge >= 0.3 is 0 Å². The SMILES string of the molecule is O=C(CCCN1C(=O)C(=C2SC(=S)N(CCCC(=O)Nc3cccc(Cl)c3Cl)C2=O)SC1=S)Nc1cccc(Cl)c1Cl. The van der Waals surface area contributed by atoms with E-state index in [-0.39, 0.29) is 66.2 Å². The largest absolute Gasteiger partial charge is 0.325 e. The van der Waals surface area contributed by atoms with Crippen molar-refractivity contribution >= 4 is 138 Å². The second-order valence-corrected chi connectivity index (χ2v) is 13.7. The number of anilines is 2. The fourth-order valence-electron chi connectivity index (χ4n) is 3.88. The molecule has 2 N–H and O–H groups in total. The number of nitrogens with zero attached hydrogens (tertiary/aromatic N) is 2. The summed E-state index contributed by atoms with van der Waals surface area (Å²) in [6.45, 7) is 0.383. The fourth-order valence-corrected chi connectivity index (χ4v) is 7.34. The van der Waals surface area contributed by atoms with Gasteiger partial charge in [0.05, 0.1) is 41.3 Å². The molecule has 0 bridgehead atoms. The molecule has 16 heteroatoms. The number of thiocarbonyl (C=S) groups is 2. The predicted octanol–water partition coefficient (Wildman–Crippen LogP) is 7.37. The smallest absolute Gasteiger partial charge is 0.267 e. The topological polar surface area (TPSA) is 98.8 Å². The normalized spacial score (nSPS) is 17.0. The zero-order valence-electron chi connectivity index (χ0n) is 21.4. The van der Waals surface area contributed by atoms with Crippen molar-refractivity contribution in [2.75, 3.05) is 23.7 Å². The maximum Gasteiger partial charge on any atom is 0.267 e. The summed E-state index contributed by atoms with van der Waals surface area (Å²) >= 11 is 37.0. The van der Waals surface area contributed by atoms with Crippen LogP contribution in [0.4, 0.5) is 11.4 Å². The van der Waals surface area contributed by atoms with Crippen molar-refractivity contribution in [1.82, 2.24) is 9.80 Å². The third-order valence-electron chi connectivity index (χ3n) is 5.93. The van der Waals surface area contributed by atoms with Crippen LogP contribution in [0.5, 0.6) is 0 Å². The summed E-state index contributed by atoms with van der Waals surface area (Å²) in [4.78, 5) is 54.2. The van der Waals surface area contributed by atoms with Gasteiger partial charge in [0.15, 0.2) is 0 Å². The van der Waals surface area contributed by atoms with Gasteiger partial charge in [-0.25, -0.2) is 0 Å². The highest BCUT2D eigenvalue weighted by molar-refractivity contribution is 8.29. The van der Waals surface area contributed by atoms with Gasteiger partial charge in [-0.2, -0.15) is 0 Å². The molecule has 42 heavy (non-hydrogen) atoms. The lowest BCUT2D eigenvalue weighted by atomic mass is 10.2. The maximum atomic E-state index is 13.2. The maximum absolute atomic E-state index is 13.2. The zero-order valence-corrected chi connectivity index (χ0v) is 27.7. The molecule has 2 aliphatic heterocycles. The Morgan fingerprint density at radius 3 is 1.45 bits per heavy atom. The molecule has 2 aromatic carbocycles. The Hall–Kier alpha value is -1.90. The minimum absolute atomic E-state index is 0.106. The molecule has 4 rings (SSSR count). The molecule has 2 fully saturated rings. The Morgan fingerprint density at radius 1 is 0.690 bits per heavy atom. The highest BCUT2D eigenvalue weighted by Crippen LogP contribution is 2.42. The van der Waals surface area contributed by atoms with Crippen molar-refractivity contribution in [2.24, 2.45) is 0 Å². The van der Waals surface area contributed by atoms with Gasteiger partial charge in [0.2, 0.25) is 11.8 Å². The van der Waals surface area contributed by atoms with E-state index < -0.39 is 11.8 Å². The quantitative estimate of drug-likeness (QED) is 0.194. The van der Waals surface area contributed by atoms with Crippen molar-refractivity contribution in [1.29, 1.82) is 0 Å². The van der Waals surface area contributed by atoms with E-state index in [1.54, 1.807) is 36.4 Å². The van der Waals surface area contributed by atoms with Crippen LogP contribution >= 0.6 is 94.4 Å². The third kappa shape index (κ3) is 7.78. The Bertz CT molecular complexity index is 1430. The first kappa shape index (κ1) is 33.0. The first-order valence-corrected chi connectivity index (χ1v) is 16.2. The van der Waals surface area contributed by atoms with E-state index in [1.165, 1.54) is 9.80 Å². The van der Waals surface area contributed by atoms with E-state index in [0.29, 0.717) is 34.3 Å². The lowest BCUT2D eigenvalue weighted by Gasteiger charge is -2.15. The molecule has 0 aliphatic carbocycles. The van der Waals surface area contributed by atoms with Crippen LogP contribution in [0.25, 0.3) is 0 Å². The minimum Gasteiger partial charge on any atom is -0.325 e. The number of amides is 4. The Kier molecular flexibility index (Phi) is 11.6. The second kappa shape index (κ2) is 14.7. The summed E-state index contributed by atoms with van der Waals surface area (Å²) in [5.41, 5.74) is 0.792. The predicted molar refractivity (Wildman–Crippen MR) is 179 cm³/mol. The highest BCUT2D eigenvalue weighted by Gasteiger charge is 2.41. The average Bonchev–Trinajstić information content (AvgIpc) is 3.38. The molecule has 0 aromatic heterocycles. The van der Waals surface area contributed by atoms with Crippen molar-refractivity contribution in [3.05, 3.63) is 66.3 Å². The number of rotatable bonds is 10. The Balaban J connectivity index is 1.29. The molecular formula is C26H20Cl4N4O4S4. The van der Waals surface area contributed by atoms with Crippen LogP contribution in [0.1, 0.15) is 25.7 Å². The van der Waals surface area contributed by atoms with Crippen LogP contribution in [-0.4, -0.2) is 55.2 Å². The molecular weight excluding hydrogens is 702 g/mol. The van der Waals surface area contributed by atoms with Gasteiger partial charge < -0.3 is 10.6 Å². The number of carbonyl (C=O) groups excluding carboxylic acids is 4. The number of hydrogen-bond acceptors (Lipinski definition) is 8. The van der Waals surface area contributed by atoms with Gasteiger partial charge in [0.1, 0.15) is 8.64 Å². The van der Waals surface area contributed by atoms with Gasteiger partial charge in [-0.05, 0) is 37.1 Å². The Labute approximate surface area is 280 Å². The summed E-state index contributed by atoms with van der Waals surface area (Å²) in [5, 5.41) is 6.52. The summed E-state index contributed by atoms with van der Waals surface area (Å²) < 4.78 is 0.574. The lowest BCUT2D eigenvalue weighted by molar-refractivity contribution is -0.124. The number of hydrogen-bond donors (Lipinski definition) is 2. The first-order chi connectivity index (χ1) is 20.0. The standard InChI is InChI=1S/C26H20Cl4N4O4S4/c27-13-5-1-7-15(19(13)29)31-17(35)9-3-11-33-23(37)21(41-25(33)39)22-24(38)34(26(40)42-22)12-4-10-18(36)32-16-8-2-6-14(28)20(16)30/h1-2,5-8H,3-4,9-12H2,(H,31,35)(H,32,36). The molecule has 2 heterocycles. The van der Waals surface area contributed by atoms with Gasteiger partial charge in [-0.3, -0.25) is 29.0 Å². The minimum atomic E-state index is -0.415. The summed E-state index contributed by atoms with van der Waals surface area (Å²) in [6, 6.07) is 9.83. The molecule has 0 atom stereocenters. The highest BCUT2D eigenvalue weighted by atomic mass is 35.5. The van der Waals surface area contributed by atoms with E-state index >= 15 is 0 Å². The van der Waals surface area contributed by atoms with E-state index in [1.807, 2.05) is 0 Å². The Morgan fingerprint density at radius 2 is 1.07 bits per heavy atom. The zero-order chi connectivity index (χ0) is 30.6. The van der Waals surface area contributed by atoms with E-state index in [2.05, 4.69) is 10.6 Å². The van der Waals surface area contributed by atoms with Crippen LogP contribution < -0.4 is 10.6 Å². The van der Waals surface area contributed by atoms with Crippen molar-refractivity contribution < 1.29 is 19.2 Å². The summed E-state index contributed by atoms with van der Waals surface area (Å²) in [6.07, 6.45) is 0.864. The van der Waals surface area contributed by atoms with Crippen molar-refractivity contribution in [3.8, 4) is 0 Å². The van der Waals surface area contributed by atoms with Crippen LogP contribution in [0, 0.1) is 0 Å². The molecule has 0 radical (unpaired) electrons. The number of carbonyl (C=O) groups is 4. The van der Waals surface area contributed by atoms with Gasteiger partial charge in [-0.1, -0.05) is 106 Å². The molecule has 0 unspecified atom stereocenters. The van der Waals surface area contributed by atoms with E-state index in [0.717, 1.165) is 23.5 Å². The van der Waals surface area contributed by atoms with Crippen molar-refractivity contribution in [3.63, 3.8) is 0 Å².